The number of carbonyl (C=O) groups is 5. The van der Waals surface area contributed by atoms with Crippen LogP contribution in [0.2, 0.25) is 0 Å². The molecule has 0 bridgehead atoms. The quantitative estimate of drug-likeness (QED) is 0.0517. The standard InChI is InChI=1S/C43H54N8O5S/c1-26(2)20-32(45)40(53)49-37(23-29-25-57-38-18-9-7-15-31(29)38)43(56)51-36(22-28-24-47-33-16-8-6-14-30(28)33)42(55)50-35(21-27-12-4-3-5-13-27)41(54)48-34(39(46)52)17-10-11-19-44/h3-9,12-16,18,24-26,32,34-37,47H,10-11,17,19-23,44-45H2,1-2H3,(H2,46,52)(H,48,54)(H,49,53)(H,50,55)(H,51,56)/t32-,34-,35+,36-,37-/m1/s1. The molecule has 5 amide bonds. The number of rotatable bonds is 21. The van der Waals surface area contributed by atoms with Gasteiger partial charge in [0.2, 0.25) is 29.5 Å². The van der Waals surface area contributed by atoms with Crippen molar-refractivity contribution in [1.29, 1.82) is 0 Å². The van der Waals surface area contributed by atoms with Gasteiger partial charge in [-0.25, -0.2) is 0 Å². The minimum absolute atomic E-state index is 0.0547. The number of hydrogen-bond acceptors (Lipinski definition) is 8. The van der Waals surface area contributed by atoms with E-state index < -0.39 is 59.7 Å². The lowest BCUT2D eigenvalue weighted by Gasteiger charge is -2.27. The van der Waals surface area contributed by atoms with Crippen molar-refractivity contribution in [3.05, 3.63) is 107 Å². The molecule has 0 radical (unpaired) electrons. The van der Waals surface area contributed by atoms with Crippen LogP contribution in [0.15, 0.2) is 90.4 Å². The van der Waals surface area contributed by atoms with Gasteiger partial charge in [-0.1, -0.05) is 80.6 Å². The van der Waals surface area contributed by atoms with Crippen LogP contribution >= 0.6 is 11.3 Å². The summed E-state index contributed by atoms with van der Waals surface area (Å²) < 4.78 is 1.03. The van der Waals surface area contributed by atoms with Crippen LogP contribution < -0.4 is 38.5 Å². The van der Waals surface area contributed by atoms with Crippen LogP contribution in [0.1, 0.15) is 56.2 Å². The van der Waals surface area contributed by atoms with Gasteiger partial charge in [-0.15, -0.1) is 11.3 Å². The van der Waals surface area contributed by atoms with E-state index in [4.69, 9.17) is 17.2 Å². The van der Waals surface area contributed by atoms with Gasteiger partial charge < -0.3 is 43.5 Å². The summed E-state index contributed by atoms with van der Waals surface area (Å²) in [5, 5.41) is 15.2. The number of primary amides is 1. The molecule has 0 spiro atoms. The molecule has 0 aliphatic heterocycles. The van der Waals surface area contributed by atoms with E-state index in [1.165, 1.54) is 11.3 Å². The molecule has 13 nitrogen and oxygen atoms in total. The topological polar surface area (TPSA) is 227 Å². The fraction of sp³-hybridized carbons (Fsp3) is 0.372. The van der Waals surface area contributed by atoms with E-state index >= 15 is 0 Å². The van der Waals surface area contributed by atoms with Crippen LogP contribution in [-0.2, 0) is 43.2 Å². The van der Waals surface area contributed by atoms with E-state index in [0.717, 1.165) is 37.7 Å². The predicted octanol–water partition coefficient (Wildman–Crippen LogP) is 3.34. The molecule has 0 aliphatic rings. The van der Waals surface area contributed by atoms with Crippen LogP contribution in [0.25, 0.3) is 21.0 Å². The molecule has 57 heavy (non-hydrogen) atoms. The minimum Gasteiger partial charge on any atom is -0.368 e. The maximum Gasteiger partial charge on any atom is 0.243 e. The first-order valence-corrected chi connectivity index (χ1v) is 20.3. The number of amides is 5. The van der Waals surface area contributed by atoms with Gasteiger partial charge in [0.1, 0.15) is 24.2 Å². The average Bonchev–Trinajstić information content (AvgIpc) is 3.80. The molecule has 0 saturated carbocycles. The molecule has 11 N–H and O–H groups in total. The van der Waals surface area contributed by atoms with Crippen molar-refractivity contribution in [1.82, 2.24) is 26.3 Å². The van der Waals surface area contributed by atoms with Crippen molar-refractivity contribution in [2.75, 3.05) is 6.54 Å². The van der Waals surface area contributed by atoms with Gasteiger partial charge in [0.25, 0.3) is 0 Å². The number of benzene rings is 3. The summed E-state index contributed by atoms with van der Waals surface area (Å²) in [5.41, 5.74) is 20.8. The molecule has 2 heterocycles. The van der Waals surface area contributed by atoms with Crippen LogP contribution in [-0.4, -0.2) is 71.3 Å². The van der Waals surface area contributed by atoms with E-state index in [1.807, 2.05) is 98.1 Å². The summed E-state index contributed by atoms with van der Waals surface area (Å²) in [7, 11) is 0. The lowest BCUT2D eigenvalue weighted by molar-refractivity contribution is -0.134. The molecular formula is C43H54N8O5S. The Labute approximate surface area is 336 Å². The molecule has 5 atom stereocenters. The van der Waals surface area contributed by atoms with Crippen molar-refractivity contribution in [2.24, 2.45) is 23.1 Å². The Morgan fingerprint density at radius 3 is 1.88 bits per heavy atom. The largest absolute Gasteiger partial charge is 0.368 e. The highest BCUT2D eigenvalue weighted by Gasteiger charge is 2.33. The number of carbonyl (C=O) groups excluding carboxylic acids is 5. The third kappa shape index (κ3) is 12.0. The summed E-state index contributed by atoms with van der Waals surface area (Å²) in [4.78, 5) is 71.9. The van der Waals surface area contributed by atoms with E-state index in [1.54, 1.807) is 6.20 Å². The molecule has 3 aromatic carbocycles. The first-order valence-electron chi connectivity index (χ1n) is 19.4. The lowest BCUT2D eigenvalue weighted by Crippen LogP contribution is -2.59. The van der Waals surface area contributed by atoms with Gasteiger partial charge >= 0.3 is 0 Å². The highest BCUT2D eigenvalue weighted by atomic mass is 32.1. The number of aromatic amines is 1. The van der Waals surface area contributed by atoms with Gasteiger partial charge in [-0.05, 0) is 77.7 Å². The van der Waals surface area contributed by atoms with Crippen LogP contribution in [0.3, 0.4) is 0 Å². The fourth-order valence-electron chi connectivity index (χ4n) is 6.90. The number of nitrogens with one attached hydrogen (secondary N) is 5. The third-order valence-corrected chi connectivity index (χ3v) is 10.9. The summed E-state index contributed by atoms with van der Waals surface area (Å²) in [5.74, 6) is -2.85. The number of nitrogens with two attached hydrogens (primary N) is 3. The number of aromatic nitrogens is 1. The highest BCUT2D eigenvalue weighted by molar-refractivity contribution is 7.17. The van der Waals surface area contributed by atoms with Crippen molar-refractivity contribution in [2.45, 2.75) is 89.0 Å². The SMILES string of the molecule is CC(C)C[C@@H](N)C(=O)N[C@H](Cc1csc2ccccc12)C(=O)N[C@H](Cc1c[nH]c2ccccc12)C(=O)N[C@@H](Cc1ccccc1)C(=O)N[C@H](CCCCN)C(N)=O. The van der Waals surface area contributed by atoms with Gasteiger partial charge in [-0.3, -0.25) is 24.0 Å². The molecule has 0 aliphatic carbocycles. The summed E-state index contributed by atoms with van der Waals surface area (Å²) in [6, 6.07) is 19.3. The molecule has 0 saturated heterocycles. The molecule has 302 valence electrons. The summed E-state index contributed by atoms with van der Waals surface area (Å²) in [6.07, 6.45) is 4.00. The Balaban J connectivity index is 1.46. The third-order valence-electron chi connectivity index (χ3n) is 9.93. The first-order chi connectivity index (χ1) is 27.4. The zero-order valence-electron chi connectivity index (χ0n) is 32.5. The minimum atomic E-state index is -1.19. The summed E-state index contributed by atoms with van der Waals surface area (Å²) in [6.45, 7) is 4.35. The van der Waals surface area contributed by atoms with Gasteiger partial charge in [0, 0.05) is 41.1 Å². The number of hydrogen-bond donors (Lipinski definition) is 8. The Bertz CT molecular complexity index is 2130. The fourth-order valence-corrected chi connectivity index (χ4v) is 7.87. The van der Waals surface area contributed by atoms with Crippen LogP contribution in [0, 0.1) is 5.92 Å². The Hall–Kier alpha value is -5.57. The lowest BCUT2D eigenvalue weighted by atomic mass is 9.99. The molecule has 5 aromatic rings. The number of fused-ring (bicyclic) bond motifs is 2. The van der Waals surface area contributed by atoms with E-state index in [-0.39, 0.29) is 31.6 Å². The molecule has 14 heteroatoms. The predicted molar refractivity (Wildman–Crippen MR) is 225 cm³/mol. The van der Waals surface area contributed by atoms with Crippen molar-refractivity contribution >= 4 is 61.9 Å². The summed E-state index contributed by atoms with van der Waals surface area (Å²) >= 11 is 1.54. The number of thiophene rings is 1. The van der Waals surface area contributed by atoms with Crippen LogP contribution in [0.5, 0.6) is 0 Å². The second-order valence-electron chi connectivity index (χ2n) is 14.9. The van der Waals surface area contributed by atoms with E-state index in [0.29, 0.717) is 25.8 Å². The van der Waals surface area contributed by atoms with Crippen molar-refractivity contribution < 1.29 is 24.0 Å². The van der Waals surface area contributed by atoms with Gasteiger partial charge in [0.05, 0.1) is 6.04 Å². The maximum atomic E-state index is 14.5. The monoisotopic (exact) mass is 794 g/mol. The Kier molecular flexibility index (Phi) is 15.3. The molecule has 2 aromatic heterocycles. The Morgan fingerprint density at radius 1 is 0.667 bits per heavy atom. The van der Waals surface area contributed by atoms with E-state index in [2.05, 4.69) is 26.3 Å². The van der Waals surface area contributed by atoms with Crippen molar-refractivity contribution in [3.8, 4) is 0 Å². The zero-order chi connectivity index (χ0) is 40.9. The van der Waals surface area contributed by atoms with E-state index in [9.17, 15) is 24.0 Å². The number of para-hydroxylation sites is 1. The second kappa shape index (κ2) is 20.6. The molecular weight excluding hydrogens is 741 g/mol. The van der Waals surface area contributed by atoms with Crippen LogP contribution in [0.4, 0.5) is 0 Å². The second-order valence-corrected chi connectivity index (χ2v) is 15.8. The number of H-pyrrole nitrogens is 1. The first kappa shape index (κ1) is 42.6. The average molecular weight is 795 g/mol. The van der Waals surface area contributed by atoms with Gasteiger partial charge in [0.15, 0.2) is 0 Å². The molecule has 5 rings (SSSR count). The zero-order valence-corrected chi connectivity index (χ0v) is 33.3. The molecule has 0 unspecified atom stereocenters. The highest BCUT2D eigenvalue weighted by Crippen LogP contribution is 2.27. The smallest absolute Gasteiger partial charge is 0.243 e. The number of unbranched alkanes of at least 4 members (excludes halogenated alkanes) is 1. The normalized spacial score (nSPS) is 14.1. The maximum absolute atomic E-state index is 14.5. The Morgan fingerprint density at radius 2 is 1.23 bits per heavy atom. The molecule has 0 fully saturated rings. The van der Waals surface area contributed by atoms with Crippen molar-refractivity contribution in [3.63, 3.8) is 0 Å². The van der Waals surface area contributed by atoms with Gasteiger partial charge in [-0.2, -0.15) is 0 Å².